The Morgan fingerprint density at radius 3 is 2.36 bits per heavy atom. The first-order chi connectivity index (χ1) is 15.9. The standard InChI is InChI=1S/C25H18Cl2O6/c1-3-14-4-6-15(7-5-14)32-21-13-31-20-12-16(8-9-17(20)23(21)28)33-25(29)22-18(26)10-11-19(27)24(22)30-2/h4-13H,3H2,1-2H3. The Balaban J connectivity index is 1.60. The Kier molecular flexibility index (Phi) is 6.58. The number of ether oxygens (including phenoxy) is 3. The molecule has 0 saturated carbocycles. The molecule has 0 amide bonds. The van der Waals surface area contributed by atoms with Crippen LogP contribution in [0.4, 0.5) is 0 Å². The molecule has 33 heavy (non-hydrogen) atoms. The highest BCUT2D eigenvalue weighted by atomic mass is 35.5. The van der Waals surface area contributed by atoms with Crippen molar-refractivity contribution in [2.24, 2.45) is 0 Å². The van der Waals surface area contributed by atoms with Gasteiger partial charge < -0.3 is 18.6 Å². The second-order valence-electron chi connectivity index (χ2n) is 7.01. The molecule has 0 aliphatic rings. The fraction of sp³-hybridized carbons (Fsp3) is 0.120. The Labute approximate surface area is 199 Å². The molecule has 0 radical (unpaired) electrons. The highest BCUT2D eigenvalue weighted by Crippen LogP contribution is 2.35. The summed E-state index contributed by atoms with van der Waals surface area (Å²) in [4.78, 5) is 25.6. The van der Waals surface area contributed by atoms with Gasteiger partial charge in [-0.15, -0.1) is 0 Å². The number of rotatable bonds is 6. The van der Waals surface area contributed by atoms with E-state index in [-0.39, 0.29) is 49.3 Å². The van der Waals surface area contributed by atoms with Crippen LogP contribution < -0.4 is 19.6 Å². The van der Waals surface area contributed by atoms with Crippen LogP contribution in [0, 0.1) is 0 Å². The van der Waals surface area contributed by atoms with Crippen LogP contribution in [-0.2, 0) is 6.42 Å². The van der Waals surface area contributed by atoms with Crippen molar-refractivity contribution >= 4 is 40.1 Å². The summed E-state index contributed by atoms with van der Waals surface area (Å²) < 4.78 is 21.9. The minimum absolute atomic E-state index is 0.00828. The van der Waals surface area contributed by atoms with Crippen LogP contribution in [0.5, 0.6) is 23.0 Å². The predicted molar refractivity (Wildman–Crippen MR) is 126 cm³/mol. The Bertz CT molecular complexity index is 1390. The van der Waals surface area contributed by atoms with Crippen molar-refractivity contribution in [2.45, 2.75) is 13.3 Å². The summed E-state index contributed by atoms with van der Waals surface area (Å²) in [6.45, 7) is 2.06. The molecular weight excluding hydrogens is 467 g/mol. The number of halogens is 2. The second kappa shape index (κ2) is 9.57. The molecule has 0 N–H and O–H groups in total. The Morgan fingerprint density at radius 1 is 0.970 bits per heavy atom. The molecule has 0 bridgehead atoms. The zero-order valence-corrected chi connectivity index (χ0v) is 19.2. The molecule has 0 spiro atoms. The minimum atomic E-state index is -0.767. The smallest absolute Gasteiger partial charge is 0.348 e. The predicted octanol–water partition coefficient (Wildman–Crippen LogP) is 6.68. The number of fused-ring (bicyclic) bond motifs is 1. The quantitative estimate of drug-likeness (QED) is 0.224. The van der Waals surface area contributed by atoms with E-state index in [1.807, 2.05) is 12.1 Å². The van der Waals surface area contributed by atoms with Gasteiger partial charge in [0, 0.05) is 6.07 Å². The van der Waals surface area contributed by atoms with Crippen LogP contribution in [0.15, 0.2) is 70.1 Å². The summed E-state index contributed by atoms with van der Waals surface area (Å²) in [7, 11) is 1.37. The van der Waals surface area contributed by atoms with Gasteiger partial charge in [-0.05, 0) is 48.4 Å². The number of benzene rings is 3. The van der Waals surface area contributed by atoms with Gasteiger partial charge in [-0.25, -0.2) is 4.79 Å². The van der Waals surface area contributed by atoms with Gasteiger partial charge in [0.1, 0.15) is 28.9 Å². The molecule has 168 valence electrons. The van der Waals surface area contributed by atoms with Crippen molar-refractivity contribution < 1.29 is 23.4 Å². The Hall–Kier alpha value is -3.48. The number of hydrogen-bond acceptors (Lipinski definition) is 6. The normalized spacial score (nSPS) is 10.8. The maximum Gasteiger partial charge on any atom is 0.348 e. The van der Waals surface area contributed by atoms with Crippen LogP contribution in [0.3, 0.4) is 0 Å². The zero-order valence-electron chi connectivity index (χ0n) is 17.7. The van der Waals surface area contributed by atoms with Crippen LogP contribution >= 0.6 is 23.2 Å². The zero-order chi connectivity index (χ0) is 23.5. The van der Waals surface area contributed by atoms with E-state index in [1.54, 1.807) is 12.1 Å². The van der Waals surface area contributed by atoms with E-state index < -0.39 is 5.97 Å². The van der Waals surface area contributed by atoms with Gasteiger partial charge >= 0.3 is 5.97 Å². The molecular formula is C25H18Cl2O6. The van der Waals surface area contributed by atoms with Crippen molar-refractivity contribution in [1.29, 1.82) is 0 Å². The number of hydrogen-bond donors (Lipinski definition) is 0. The van der Waals surface area contributed by atoms with Gasteiger partial charge in [0.25, 0.3) is 0 Å². The highest BCUT2D eigenvalue weighted by molar-refractivity contribution is 6.37. The van der Waals surface area contributed by atoms with Crippen molar-refractivity contribution in [3.63, 3.8) is 0 Å². The number of carbonyl (C=O) groups is 1. The number of aryl methyl sites for hydroxylation is 1. The van der Waals surface area contributed by atoms with Crippen LogP contribution in [0.1, 0.15) is 22.8 Å². The number of esters is 1. The van der Waals surface area contributed by atoms with E-state index in [1.165, 1.54) is 43.7 Å². The first kappa shape index (κ1) is 22.7. The largest absolute Gasteiger partial charge is 0.494 e. The third kappa shape index (κ3) is 4.67. The van der Waals surface area contributed by atoms with Crippen LogP contribution in [0.25, 0.3) is 11.0 Å². The lowest BCUT2D eigenvalue weighted by atomic mass is 10.2. The molecule has 0 aliphatic carbocycles. The molecule has 0 unspecified atom stereocenters. The van der Waals surface area contributed by atoms with Crippen molar-refractivity contribution in [1.82, 2.24) is 0 Å². The monoisotopic (exact) mass is 484 g/mol. The van der Waals surface area contributed by atoms with Gasteiger partial charge in [-0.2, -0.15) is 0 Å². The fourth-order valence-electron chi connectivity index (χ4n) is 3.23. The second-order valence-corrected chi connectivity index (χ2v) is 7.83. The molecule has 8 heteroatoms. The molecule has 0 atom stereocenters. The molecule has 0 saturated heterocycles. The maximum absolute atomic E-state index is 12.8. The molecule has 0 fully saturated rings. The number of carbonyl (C=O) groups excluding carboxylic acids is 1. The van der Waals surface area contributed by atoms with Gasteiger partial charge in [0.2, 0.25) is 11.2 Å². The van der Waals surface area contributed by atoms with E-state index in [4.69, 9.17) is 41.8 Å². The molecule has 4 aromatic rings. The van der Waals surface area contributed by atoms with Gasteiger partial charge in [-0.3, -0.25) is 4.79 Å². The maximum atomic E-state index is 12.8. The average molecular weight is 485 g/mol. The summed E-state index contributed by atoms with van der Waals surface area (Å²) in [6.07, 6.45) is 2.13. The lowest BCUT2D eigenvalue weighted by molar-refractivity contribution is 0.0731. The first-order valence-corrected chi connectivity index (χ1v) is 10.7. The molecule has 0 aliphatic heterocycles. The van der Waals surface area contributed by atoms with Crippen molar-refractivity contribution in [3.8, 4) is 23.0 Å². The third-order valence-electron chi connectivity index (χ3n) is 4.95. The first-order valence-electron chi connectivity index (χ1n) is 9.97. The number of methoxy groups -OCH3 is 1. The van der Waals surface area contributed by atoms with E-state index in [0.717, 1.165) is 12.0 Å². The molecule has 6 nitrogen and oxygen atoms in total. The van der Waals surface area contributed by atoms with Gasteiger partial charge in [-0.1, -0.05) is 42.3 Å². The summed E-state index contributed by atoms with van der Waals surface area (Å²) in [5, 5.41) is 0.619. The molecule has 1 aromatic heterocycles. The fourth-order valence-corrected chi connectivity index (χ4v) is 3.69. The Morgan fingerprint density at radius 2 is 1.67 bits per heavy atom. The van der Waals surface area contributed by atoms with Gasteiger partial charge in [0.15, 0.2) is 5.75 Å². The van der Waals surface area contributed by atoms with E-state index in [0.29, 0.717) is 5.75 Å². The molecule has 4 rings (SSSR count). The van der Waals surface area contributed by atoms with Crippen molar-refractivity contribution in [2.75, 3.05) is 7.11 Å². The molecule has 1 heterocycles. The lowest BCUT2D eigenvalue weighted by Gasteiger charge is -2.12. The third-order valence-corrected chi connectivity index (χ3v) is 5.56. The average Bonchev–Trinajstić information content (AvgIpc) is 2.82. The van der Waals surface area contributed by atoms with Gasteiger partial charge in [0.05, 0.1) is 22.5 Å². The van der Waals surface area contributed by atoms with E-state index >= 15 is 0 Å². The van der Waals surface area contributed by atoms with E-state index in [2.05, 4.69) is 6.92 Å². The summed E-state index contributed by atoms with van der Waals surface area (Å²) in [6, 6.07) is 14.8. The highest BCUT2D eigenvalue weighted by Gasteiger charge is 2.22. The molecule has 3 aromatic carbocycles. The summed E-state index contributed by atoms with van der Waals surface area (Å²) >= 11 is 12.2. The summed E-state index contributed by atoms with van der Waals surface area (Å²) in [5.74, 6) is 0.0630. The van der Waals surface area contributed by atoms with Crippen LogP contribution in [0.2, 0.25) is 10.0 Å². The van der Waals surface area contributed by atoms with Crippen molar-refractivity contribution in [3.05, 3.63) is 92.3 Å². The van der Waals surface area contributed by atoms with Crippen LogP contribution in [-0.4, -0.2) is 13.1 Å². The summed E-state index contributed by atoms with van der Waals surface area (Å²) in [5.41, 5.74) is 1.02. The van der Waals surface area contributed by atoms with E-state index in [9.17, 15) is 9.59 Å². The lowest BCUT2D eigenvalue weighted by Crippen LogP contribution is -2.11. The SMILES string of the molecule is CCc1ccc(Oc2coc3cc(OC(=O)c4c(Cl)ccc(Cl)c4OC)ccc3c2=O)cc1. The topological polar surface area (TPSA) is 75.0 Å². The minimum Gasteiger partial charge on any atom is -0.494 e.